The molecule has 152 valence electrons. The van der Waals surface area contributed by atoms with Crippen LogP contribution in [-0.2, 0) is 18.3 Å². The van der Waals surface area contributed by atoms with Crippen LogP contribution in [0.4, 0.5) is 0 Å². The van der Waals surface area contributed by atoms with Crippen molar-refractivity contribution < 1.29 is 4.79 Å². The van der Waals surface area contributed by atoms with Gasteiger partial charge in [-0.25, -0.2) is 4.98 Å². The van der Waals surface area contributed by atoms with Gasteiger partial charge in [0.1, 0.15) is 0 Å². The van der Waals surface area contributed by atoms with Gasteiger partial charge < -0.3 is 5.32 Å². The molecule has 5 nitrogen and oxygen atoms in total. The summed E-state index contributed by atoms with van der Waals surface area (Å²) in [7, 11) is 1.77. The van der Waals surface area contributed by atoms with Crippen molar-refractivity contribution >= 4 is 17.7 Å². The highest BCUT2D eigenvalue weighted by Crippen LogP contribution is 2.18. The number of nitrogens with one attached hydrogen (secondary N) is 1. The van der Waals surface area contributed by atoms with E-state index >= 15 is 0 Å². The van der Waals surface area contributed by atoms with Crippen LogP contribution in [0, 0.1) is 13.8 Å². The van der Waals surface area contributed by atoms with Gasteiger partial charge in [-0.15, -0.1) is 0 Å². The largest absolute Gasteiger partial charge is 0.352 e. The third-order valence-electron chi connectivity index (χ3n) is 4.35. The minimum Gasteiger partial charge on any atom is -0.352 e. The maximum absolute atomic E-state index is 12.8. The molecule has 1 heterocycles. The number of carbonyl (C=O) groups is 1. The highest BCUT2D eigenvalue weighted by molar-refractivity contribution is 7.99. The van der Waals surface area contributed by atoms with Crippen LogP contribution < -0.4 is 10.9 Å². The summed E-state index contributed by atoms with van der Waals surface area (Å²) in [4.78, 5) is 29.4. The Hall–Kier alpha value is -2.08. The second-order valence-electron chi connectivity index (χ2n) is 8.24. The van der Waals surface area contributed by atoms with Crippen LogP contribution in [0.5, 0.6) is 0 Å². The van der Waals surface area contributed by atoms with Gasteiger partial charge in [0.05, 0.1) is 0 Å². The van der Waals surface area contributed by atoms with Crippen molar-refractivity contribution in [3.05, 3.63) is 57.0 Å². The first-order chi connectivity index (χ1) is 13.1. The number of amides is 1. The molecule has 1 N–H and O–H groups in total. The molecule has 0 spiro atoms. The van der Waals surface area contributed by atoms with Crippen LogP contribution in [0.25, 0.3) is 0 Å². The van der Waals surface area contributed by atoms with Crippen molar-refractivity contribution in [2.75, 3.05) is 5.75 Å². The van der Waals surface area contributed by atoms with Crippen LogP contribution in [0.15, 0.2) is 34.2 Å². The average Bonchev–Trinajstić information content (AvgIpc) is 2.59. The van der Waals surface area contributed by atoms with Crippen molar-refractivity contribution in [1.29, 1.82) is 0 Å². The number of rotatable bonds is 7. The van der Waals surface area contributed by atoms with Gasteiger partial charge in [-0.3, -0.25) is 14.2 Å². The summed E-state index contributed by atoms with van der Waals surface area (Å²) in [5.41, 5.74) is 3.62. The Morgan fingerprint density at radius 3 is 2.43 bits per heavy atom. The number of benzene rings is 1. The van der Waals surface area contributed by atoms with E-state index in [9.17, 15) is 9.59 Å². The second kappa shape index (κ2) is 9.41. The van der Waals surface area contributed by atoms with E-state index in [2.05, 4.69) is 34.6 Å². The first-order valence-corrected chi connectivity index (χ1v) is 10.6. The molecule has 2 aromatic rings. The standard InChI is InChI=1S/C22H31N3O2S/c1-15-9-11-17(12-10-15)14-18-16(2)23-21(25(6)20(18)27)28-13-7-8-19(26)24-22(3,4)5/h9-12H,7-8,13-14H2,1-6H3,(H,24,26). The predicted molar refractivity (Wildman–Crippen MR) is 116 cm³/mol. The van der Waals surface area contributed by atoms with Gasteiger partial charge in [0.2, 0.25) is 5.91 Å². The molecule has 0 aliphatic rings. The predicted octanol–water partition coefficient (Wildman–Crippen LogP) is 3.77. The van der Waals surface area contributed by atoms with Gasteiger partial charge in [0, 0.05) is 42.4 Å². The number of nitrogens with zero attached hydrogens (tertiary/aromatic N) is 2. The summed E-state index contributed by atoms with van der Waals surface area (Å²) in [6, 6.07) is 8.23. The fraction of sp³-hybridized carbons (Fsp3) is 0.500. The number of carbonyl (C=O) groups excluding carboxylic acids is 1. The van der Waals surface area contributed by atoms with Crippen molar-refractivity contribution in [1.82, 2.24) is 14.9 Å². The van der Waals surface area contributed by atoms with Gasteiger partial charge in [-0.1, -0.05) is 41.6 Å². The first-order valence-electron chi connectivity index (χ1n) is 9.62. The molecule has 0 bridgehead atoms. The SMILES string of the molecule is Cc1ccc(Cc2c(C)nc(SCCCC(=O)NC(C)(C)C)n(C)c2=O)cc1. The number of thioether (sulfide) groups is 1. The van der Waals surface area contributed by atoms with Crippen LogP contribution in [0.2, 0.25) is 0 Å². The summed E-state index contributed by atoms with van der Waals surface area (Å²) in [5.74, 6) is 0.800. The first kappa shape index (κ1) is 22.2. The molecule has 1 amide bonds. The summed E-state index contributed by atoms with van der Waals surface area (Å²) in [6.45, 7) is 9.86. The summed E-state index contributed by atoms with van der Waals surface area (Å²) >= 11 is 1.52. The lowest BCUT2D eigenvalue weighted by molar-refractivity contribution is -0.122. The number of aromatic nitrogens is 2. The van der Waals surface area contributed by atoms with E-state index in [1.165, 1.54) is 17.3 Å². The van der Waals surface area contributed by atoms with Crippen LogP contribution in [0.3, 0.4) is 0 Å². The van der Waals surface area contributed by atoms with E-state index in [4.69, 9.17) is 0 Å². The van der Waals surface area contributed by atoms with Crippen molar-refractivity contribution in [2.45, 2.75) is 64.6 Å². The average molecular weight is 402 g/mol. The molecule has 0 saturated heterocycles. The Labute approximate surface area is 172 Å². The van der Waals surface area contributed by atoms with Gasteiger partial charge in [-0.2, -0.15) is 0 Å². The van der Waals surface area contributed by atoms with E-state index in [1.807, 2.05) is 34.6 Å². The lowest BCUT2D eigenvalue weighted by Gasteiger charge is -2.20. The molecule has 1 aromatic heterocycles. The van der Waals surface area contributed by atoms with Gasteiger partial charge in [0.15, 0.2) is 5.16 Å². The summed E-state index contributed by atoms with van der Waals surface area (Å²) in [5, 5.41) is 3.66. The lowest BCUT2D eigenvalue weighted by Crippen LogP contribution is -2.40. The highest BCUT2D eigenvalue weighted by atomic mass is 32.2. The molecule has 0 radical (unpaired) electrons. The van der Waals surface area contributed by atoms with E-state index < -0.39 is 0 Å². The molecular weight excluding hydrogens is 370 g/mol. The quantitative estimate of drug-likeness (QED) is 0.436. The summed E-state index contributed by atoms with van der Waals surface area (Å²) < 4.78 is 1.62. The Balaban J connectivity index is 2.00. The molecular formula is C22H31N3O2S. The minimum absolute atomic E-state index is 0.000973. The Kier molecular flexibility index (Phi) is 7.47. The van der Waals surface area contributed by atoms with E-state index in [-0.39, 0.29) is 17.0 Å². The zero-order chi connectivity index (χ0) is 20.9. The second-order valence-corrected chi connectivity index (χ2v) is 9.30. The molecule has 6 heteroatoms. The monoisotopic (exact) mass is 401 g/mol. The molecule has 0 atom stereocenters. The smallest absolute Gasteiger partial charge is 0.257 e. The van der Waals surface area contributed by atoms with Crippen LogP contribution >= 0.6 is 11.8 Å². The normalized spacial score (nSPS) is 11.5. The maximum Gasteiger partial charge on any atom is 0.257 e. The van der Waals surface area contributed by atoms with Gasteiger partial charge in [-0.05, 0) is 46.6 Å². The Morgan fingerprint density at radius 1 is 1.18 bits per heavy atom. The fourth-order valence-electron chi connectivity index (χ4n) is 2.85. The molecule has 0 unspecified atom stereocenters. The fourth-order valence-corrected chi connectivity index (χ4v) is 3.80. The van der Waals surface area contributed by atoms with E-state index in [0.717, 1.165) is 29.0 Å². The van der Waals surface area contributed by atoms with Crippen LogP contribution in [-0.4, -0.2) is 26.8 Å². The van der Waals surface area contributed by atoms with Gasteiger partial charge in [0.25, 0.3) is 5.56 Å². The topological polar surface area (TPSA) is 64.0 Å². The van der Waals surface area contributed by atoms with Gasteiger partial charge >= 0.3 is 0 Å². The molecule has 0 aliphatic carbocycles. The third-order valence-corrected chi connectivity index (χ3v) is 5.46. The summed E-state index contributed by atoms with van der Waals surface area (Å²) in [6.07, 6.45) is 1.80. The Bertz CT molecular complexity index is 880. The Morgan fingerprint density at radius 2 is 1.82 bits per heavy atom. The molecule has 28 heavy (non-hydrogen) atoms. The maximum atomic E-state index is 12.8. The van der Waals surface area contributed by atoms with Crippen molar-refractivity contribution in [3.8, 4) is 0 Å². The number of aryl methyl sites for hydroxylation is 2. The van der Waals surface area contributed by atoms with Crippen LogP contribution in [0.1, 0.15) is 56.0 Å². The zero-order valence-corrected chi connectivity index (χ0v) is 18.6. The minimum atomic E-state index is -0.208. The third kappa shape index (κ3) is 6.51. The molecule has 0 saturated carbocycles. The molecule has 2 rings (SSSR count). The lowest BCUT2D eigenvalue weighted by atomic mass is 10.0. The molecule has 0 aliphatic heterocycles. The number of hydrogen-bond acceptors (Lipinski definition) is 4. The molecule has 0 fully saturated rings. The van der Waals surface area contributed by atoms with Crippen molar-refractivity contribution in [3.63, 3.8) is 0 Å². The van der Waals surface area contributed by atoms with E-state index in [0.29, 0.717) is 18.0 Å². The van der Waals surface area contributed by atoms with E-state index in [1.54, 1.807) is 11.6 Å². The highest BCUT2D eigenvalue weighted by Gasteiger charge is 2.15. The molecule has 1 aromatic carbocycles. The zero-order valence-electron chi connectivity index (χ0n) is 17.8. The number of hydrogen-bond donors (Lipinski definition) is 1. The van der Waals surface area contributed by atoms with Crippen molar-refractivity contribution in [2.24, 2.45) is 7.05 Å².